The van der Waals surface area contributed by atoms with E-state index in [4.69, 9.17) is 0 Å². The lowest BCUT2D eigenvalue weighted by Gasteiger charge is -2.30. The summed E-state index contributed by atoms with van der Waals surface area (Å²) in [6.45, 7) is 3.40. The Hall–Kier alpha value is -2.94. The van der Waals surface area contributed by atoms with Crippen LogP contribution in [0.4, 0.5) is 17.1 Å². The number of para-hydroxylation sites is 1. The zero-order valence-corrected chi connectivity index (χ0v) is 16.1. The molecule has 0 aromatic heterocycles. The van der Waals surface area contributed by atoms with Gasteiger partial charge in [-0.2, -0.15) is 0 Å². The number of hydrogen-bond donors (Lipinski definition) is 1. The van der Waals surface area contributed by atoms with E-state index >= 15 is 0 Å². The lowest BCUT2D eigenvalue weighted by molar-refractivity contribution is -0.384. The van der Waals surface area contributed by atoms with Crippen LogP contribution in [0.5, 0.6) is 0 Å². The second-order valence-electron chi connectivity index (χ2n) is 6.06. The molecule has 0 bridgehead atoms. The van der Waals surface area contributed by atoms with Crippen LogP contribution in [0.3, 0.4) is 0 Å². The van der Waals surface area contributed by atoms with E-state index in [1.165, 1.54) is 18.2 Å². The Morgan fingerprint density at radius 2 is 1.85 bits per heavy atom. The Labute approximate surface area is 158 Å². The molecular weight excluding hydrogens is 370 g/mol. The minimum absolute atomic E-state index is 0.160. The molecule has 0 aliphatic rings. The van der Waals surface area contributed by atoms with Crippen LogP contribution in [0, 0.1) is 17.0 Å². The molecule has 0 radical (unpaired) electrons. The third kappa shape index (κ3) is 4.82. The van der Waals surface area contributed by atoms with Crippen molar-refractivity contribution in [2.45, 2.75) is 26.3 Å². The third-order valence-corrected chi connectivity index (χ3v) is 5.21. The first kappa shape index (κ1) is 20.4. The quantitative estimate of drug-likeness (QED) is 0.576. The molecule has 0 unspecified atom stereocenters. The summed E-state index contributed by atoms with van der Waals surface area (Å²) in [4.78, 5) is 23.3. The monoisotopic (exact) mass is 391 g/mol. The summed E-state index contributed by atoms with van der Waals surface area (Å²) in [6, 6.07) is 11.5. The molecule has 144 valence electrons. The van der Waals surface area contributed by atoms with Crippen LogP contribution in [-0.4, -0.2) is 31.5 Å². The highest BCUT2D eigenvalue weighted by atomic mass is 32.2. The average Bonchev–Trinajstić information content (AvgIpc) is 2.60. The molecule has 0 saturated carbocycles. The smallest absolute Gasteiger partial charge is 0.271 e. The maximum absolute atomic E-state index is 12.9. The van der Waals surface area contributed by atoms with Crippen molar-refractivity contribution in [3.05, 3.63) is 64.2 Å². The third-order valence-electron chi connectivity index (χ3n) is 4.03. The van der Waals surface area contributed by atoms with E-state index in [-0.39, 0.29) is 17.8 Å². The van der Waals surface area contributed by atoms with Crippen LogP contribution in [0.2, 0.25) is 0 Å². The summed E-state index contributed by atoms with van der Waals surface area (Å²) in [5, 5.41) is 13.6. The van der Waals surface area contributed by atoms with Gasteiger partial charge in [0.15, 0.2) is 0 Å². The molecule has 2 aromatic carbocycles. The van der Waals surface area contributed by atoms with Crippen LogP contribution < -0.4 is 9.62 Å². The molecule has 27 heavy (non-hydrogen) atoms. The highest BCUT2D eigenvalue weighted by Crippen LogP contribution is 2.25. The number of sulfonamides is 1. The molecule has 2 rings (SSSR count). The van der Waals surface area contributed by atoms with E-state index in [0.717, 1.165) is 10.6 Å². The van der Waals surface area contributed by atoms with E-state index in [1.807, 2.05) is 0 Å². The van der Waals surface area contributed by atoms with Crippen molar-refractivity contribution in [1.29, 1.82) is 0 Å². The molecule has 0 spiro atoms. The number of carbonyl (C=O) groups excluding carboxylic acids is 1. The molecule has 0 saturated heterocycles. The Balaban J connectivity index is 2.40. The van der Waals surface area contributed by atoms with Gasteiger partial charge in [-0.1, -0.05) is 31.2 Å². The molecule has 0 aliphatic heterocycles. The second-order valence-corrected chi connectivity index (χ2v) is 7.92. The van der Waals surface area contributed by atoms with Crippen molar-refractivity contribution in [2.75, 3.05) is 15.9 Å². The van der Waals surface area contributed by atoms with E-state index in [9.17, 15) is 23.3 Å². The molecule has 1 N–H and O–H groups in total. The highest BCUT2D eigenvalue weighted by molar-refractivity contribution is 7.92. The van der Waals surface area contributed by atoms with Gasteiger partial charge in [-0.15, -0.1) is 0 Å². The van der Waals surface area contributed by atoms with Crippen molar-refractivity contribution < 1.29 is 18.1 Å². The first-order chi connectivity index (χ1) is 12.6. The lowest BCUT2D eigenvalue weighted by atomic mass is 10.1. The Morgan fingerprint density at radius 1 is 1.22 bits per heavy atom. The van der Waals surface area contributed by atoms with Crippen LogP contribution in [-0.2, 0) is 14.8 Å². The second kappa shape index (κ2) is 8.17. The van der Waals surface area contributed by atoms with Crippen molar-refractivity contribution in [3.63, 3.8) is 0 Å². The summed E-state index contributed by atoms with van der Waals surface area (Å²) in [6.07, 6.45) is 1.26. The van der Waals surface area contributed by atoms with Gasteiger partial charge >= 0.3 is 0 Å². The number of benzene rings is 2. The van der Waals surface area contributed by atoms with Gasteiger partial charge in [0.2, 0.25) is 15.9 Å². The first-order valence-corrected chi connectivity index (χ1v) is 10.1. The number of rotatable bonds is 7. The van der Waals surface area contributed by atoms with Crippen molar-refractivity contribution in [2.24, 2.45) is 0 Å². The number of hydrogen-bond acceptors (Lipinski definition) is 5. The molecular formula is C18H21N3O5S. The molecule has 0 fully saturated rings. The summed E-state index contributed by atoms with van der Waals surface area (Å²) in [5.41, 5.74) is 1.12. The van der Waals surface area contributed by atoms with Crippen LogP contribution >= 0.6 is 0 Å². The Kier molecular flexibility index (Phi) is 6.17. The van der Waals surface area contributed by atoms with E-state index in [0.29, 0.717) is 11.3 Å². The molecule has 2 aromatic rings. The fourth-order valence-electron chi connectivity index (χ4n) is 2.71. The van der Waals surface area contributed by atoms with Crippen LogP contribution in [0.25, 0.3) is 0 Å². The Bertz CT molecular complexity index is 945. The number of nitrogens with zero attached hydrogens (tertiary/aromatic N) is 2. The summed E-state index contributed by atoms with van der Waals surface area (Å²) >= 11 is 0. The van der Waals surface area contributed by atoms with Gasteiger partial charge < -0.3 is 5.32 Å². The van der Waals surface area contributed by atoms with Crippen molar-refractivity contribution >= 4 is 33.0 Å². The highest BCUT2D eigenvalue weighted by Gasteiger charge is 2.31. The average molecular weight is 391 g/mol. The van der Waals surface area contributed by atoms with E-state index < -0.39 is 26.9 Å². The predicted molar refractivity (Wildman–Crippen MR) is 104 cm³/mol. The molecule has 9 heteroatoms. The molecule has 0 heterocycles. The number of nitro groups is 1. The van der Waals surface area contributed by atoms with Gasteiger partial charge in [0, 0.05) is 12.1 Å². The normalized spacial score (nSPS) is 12.3. The Morgan fingerprint density at radius 3 is 2.37 bits per heavy atom. The summed E-state index contributed by atoms with van der Waals surface area (Å²) < 4.78 is 25.8. The van der Waals surface area contributed by atoms with E-state index in [1.54, 1.807) is 44.2 Å². The van der Waals surface area contributed by atoms with Gasteiger partial charge in [-0.25, -0.2) is 8.42 Å². The van der Waals surface area contributed by atoms with Gasteiger partial charge in [0.05, 0.1) is 22.6 Å². The first-order valence-electron chi connectivity index (χ1n) is 8.25. The van der Waals surface area contributed by atoms with Gasteiger partial charge in [-0.05, 0) is 31.0 Å². The fraction of sp³-hybridized carbons (Fsp3) is 0.278. The number of non-ortho nitro benzene ring substituents is 1. The maximum atomic E-state index is 12.9. The van der Waals surface area contributed by atoms with Crippen LogP contribution in [0.15, 0.2) is 48.5 Å². The molecule has 8 nitrogen and oxygen atoms in total. The number of nitrogens with one attached hydrogen (secondary N) is 1. The van der Waals surface area contributed by atoms with Gasteiger partial charge in [0.25, 0.3) is 5.69 Å². The van der Waals surface area contributed by atoms with Crippen LogP contribution in [0.1, 0.15) is 18.9 Å². The zero-order chi connectivity index (χ0) is 20.2. The summed E-state index contributed by atoms with van der Waals surface area (Å²) in [5.74, 6) is -0.560. The molecule has 1 amide bonds. The number of aryl methyl sites for hydroxylation is 1. The molecule has 0 aliphatic carbocycles. The topological polar surface area (TPSA) is 110 Å². The molecule has 1 atom stereocenters. The minimum atomic E-state index is -3.73. The largest absolute Gasteiger partial charge is 0.324 e. The summed E-state index contributed by atoms with van der Waals surface area (Å²) in [7, 11) is -3.73. The minimum Gasteiger partial charge on any atom is -0.324 e. The van der Waals surface area contributed by atoms with Gasteiger partial charge in [0.1, 0.15) is 6.04 Å². The number of amides is 1. The van der Waals surface area contributed by atoms with Crippen molar-refractivity contribution in [1.82, 2.24) is 0 Å². The SMILES string of the molecule is CC[C@H](C(=O)Nc1cc([N+](=O)[O-])ccc1C)N(c1ccccc1)S(C)(=O)=O. The number of carbonyl (C=O) groups is 1. The predicted octanol–water partition coefficient (Wildman–Crippen LogP) is 3.09. The lowest BCUT2D eigenvalue weighted by Crippen LogP contribution is -2.47. The maximum Gasteiger partial charge on any atom is 0.271 e. The number of anilines is 2. The van der Waals surface area contributed by atoms with Gasteiger partial charge in [-0.3, -0.25) is 19.2 Å². The fourth-order valence-corrected chi connectivity index (χ4v) is 3.92. The van der Waals surface area contributed by atoms with Crippen molar-refractivity contribution in [3.8, 4) is 0 Å². The van der Waals surface area contributed by atoms with E-state index in [2.05, 4.69) is 5.32 Å². The standard InChI is InChI=1S/C18H21N3O5S/c1-4-17(20(27(3,25)26)14-8-6-5-7-9-14)18(22)19-16-12-15(21(23)24)11-10-13(16)2/h5-12,17H,4H2,1-3H3,(H,19,22)/t17-/m1/s1. The number of nitro benzene ring substituents is 1. The zero-order valence-electron chi connectivity index (χ0n) is 15.2.